The zero-order chi connectivity index (χ0) is 20.1. The Morgan fingerprint density at radius 1 is 1.29 bits per heavy atom. The summed E-state index contributed by atoms with van der Waals surface area (Å²) in [5, 5.41) is 14.0. The van der Waals surface area contributed by atoms with Crippen molar-refractivity contribution in [2.45, 2.75) is 26.4 Å². The number of aliphatic hydroxyl groups is 1. The van der Waals surface area contributed by atoms with E-state index < -0.39 is 5.60 Å². The molecule has 0 amide bonds. The van der Waals surface area contributed by atoms with E-state index in [0.717, 1.165) is 24.2 Å². The Morgan fingerprint density at radius 2 is 2.04 bits per heavy atom. The minimum Gasteiger partial charge on any atom is -0.460 e. The van der Waals surface area contributed by atoms with E-state index in [2.05, 4.69) is 20.0 Å². The third-order valence-electron chi connectivity index (χ3n) is 4.24. The average molecular weight is 385 g/mol. The predicted molar refractivity (Wildman–Crippen MR) is 108 cm³/mol. The van der Waals surface area contributed by atoms with E-state index >= 15 is 0 Å². The van der Waals surface area contributed by atoms with Crippen LogP contribution in [0.25, 0.3) is 0 Å². The number of aryl methyl sites for hydroxylation is 1. The quantitative estimate of drug-likeness (QED) is 0.441. The van der Waals surface area contributed by atoms with Crippen LogP contribution in [0.1, 0.15) is 30.7 Å². The van der Waals surface area contributed by atoms with Gasteiger partial charge in [-0.2, -0.15) is 15.1 Å². The first-order valence-electron chi connectivity index (χ1n) is 9.28. The van der Waals surface area contributed by atoms with Gasteiger partial charge in [0.05, 0.1) is 18.8 Å². The number of hydrazone groups is 1. The van der Waals surface area contributed by atoms with E-state index in [-0.39, 0.29) is 12.6 Å². The van der Waals surface area contributed by atoms with Crippen molar-refractivity contribution in [3.05, 3.63) is 47.2 Å². The zero-order valence-corrected chi connectivity index (χ0v) is 16.6. The lowest BCUT2D eigenvalue weighted by Crippen LogP contribution is -2.37. The fourth-order valence-electron chi connectivity index (χ4n) is 2.88. The number of anilines is 1. The Balaban J connectivity index is 2.00. The van der Waals surface area contributed by atoms with Crippen molar-refractivity contribution >= 4 is 11.5 Å². The molecule has 1 saturated heterocycles. The van der Waals surface area contributed by atoms with Gasteiger partial charge in [-0.3, -0.25) is 0 Å². The summed E-state index contributed by atoms with van der Waals surface area (Å²) in [6.45, 7) is 8.12. The third-order valence-corrected chi connectivity index (χ3v) is 4.24. The topological polar surface area (TPSA) is 106 Å². The maximum atomic E-state index is 9.98. The number of ether oxygens (including phenoxy) is 2. The monoisotopic (exact) mass is 385 g/mol. The lowest BCUT2D eigenvalue weighted by molar-refractivity contribution is 0.0250. The van der Waals surface area contributed by atoms with Crippen molar-refractivity contribution in [3.63, 3.8) is 0 Å². The fourth-order valence-corrected chi connectivity index (χ4v) is 2.88. The normalized spacial score (nSPS) is 15.6. The number of nitrogens with two attached hydrogens (primary N) is 1. The summed E-state index contributed by atoms with van der Waals surface area (Å²) in [4.78, 5) is 11.1. The molecule has 1 aliphatic rings. The van der Waals surface area contributed by atoms with Gasteiger partial charge in [-0.1, -0.05) is 23.8 Å². The average Bonchev–Trinajstić information content (AvgIpc) is 2.67. The number of hydrogen-bond acceptors (Lipinski definition) is 8. The predicted octanol–water partition coefficient (Wildman–Crippen LogP) is 1.48. The molecule has 1 aliphatic heterocycles. The fraction of sp³-hybridized carbons (Fsp3) is 0.450. The van der Waals surface area contributed by atoms with Crippen LogP contribution in [0.15, 0.2) is 35.4 Å². The Hall–Kier alpha value is -2.71. The molecule has 0 atom stereocenters. The maximum absolute atomic E-state index is 9.98. The molecule has 3 rings (SSSR count). The van der Waals surface area contributed by atoms with Gasteiger partial charge in [0.1, 0.15) is 23.8 Å². The molecular weight excluding hydrogens is 358 g/mol. The molecule has 150 valence electrons. The molecule has 0 unspecified atom stereocenters. The number of rotatable bonds is 6. The lowest BCUT2D eigenvalue weighted by atomic mass is 10.0. The van der Waals surface area contributed by atoms with Crippen molar-refractivity contribution in [2.24, 2.45) is 10.9 Å². The molecule has 8 nitrogen and oxygen atoms in total. The molecule has 0 bridgehead atoms. The first-order valence-corrected chi connectivity index (χ1v) is 9.28. The maximum Gasteiger partial charge on any atom is 0.319 e. The Bertz CT molecular complexity index is 842. The summed E-state index contributed by atoms with van der Waals surface area (Å²) < 4.78 is 11.1. The second-order valence-electron chi connectivity index (χ2n) is 7.44. The molecule has 28 heavy (non-hydrogen) atoms. The highest BCUT2D eigenvalue weighted by molar-refractivity contribution is 6.12. The van der Waals surface area contributed by atoms with Gasteiger partial charge in [0.25, 0.3) is 0 Å². The number of morpholine rings is 1. The van der Waals surface area contributed by atoms with Crippen molar-refractivity contribution in [2.75, 3.05) is 37.8 Å². The van der Waals surface area contributed by atoms with Gasteiger partial charge < -0.3 is 25.3 Å². The van der Waals surface area contributed by atoms with Gasteiger partial charge in [-0.05, 0) is 26.8 Å². The van der Waals surface area contributed by atoms with Gasteiger partial charge in [0.15, 0.2) is 0 Å². The summed E-state index contributed by atoms with van der Waals surface area (Å²) in [6, 6.07) is 9.93. The van der Waals surface area contributed by atoms with Crippen LogP contribution in [0.2, 0.25) is 0 Å². The Morgan fingerprint density at radius 3 is 2.68 bits per heavy atom. The molecule has 0 radical (unpaired) electrons. The van der Waals surface area contributed by atoms with Crippen molar-refractivity contribution in [1.82, 2.24) is 9.97 Å². The van der Waals surface area contributed by atoms with Gasteiger partial charge >= 0.3 is 6.01 Å². The molecule has 0 saturated carbocycles. The van der Waals surface area contributed by atoms with Crippen LogP contribution in [0, 0.1) is 6.92 Å². The summed E-state index contributed by atoms with van der Waals surface area (Å²) in [5.74, 6) is 6.44. The molecule has 2 heterocycles. The molecule has 8 heteroatoms. The van der Waals surface area contributed by atoms with Gasteiger partial charge in [0, 0.05) is 24.7 Å². The Labute approximate surface area is 165 Å². The summed E-state index contributed by atoms with van der Waals surface area (Å²) in [7, 11) is 0. The van der Waals surface area contributed by atoms with E-state index in [1.807, 2.05) is 37.3 Å². The number of nitrogens with zero attached hydrogens (tertiary/aromatic N) is 4. The van der Waals surface area contributed by atoms with E-state index in [1.54, 1.807) is 13.8 Å². The highest BCUT2D eigenvalue weighted by Gasteiger charge is 2.20. The van der Waals surface area contributed by atoms with Crippen LogP contribution in [-0.2, 0) is 4.74 Å². The van der Waals surface area contributed by atoms with Crippen LogP contribution in [0.5, 0.6) is 6.01 Å². The summed E-state index contributed by atoms with van der Waals surface area (Å²) in [6.07, 6.45) is 0. The second kappa shape index (κ2) is 8.53. The van der Waals surface area contributed by atoms with Crippen molar-refractivity contribution < 1.29 is 14.6 Å². The van der Waals surface area contributed by atoms with E-state index in [9.17, 15) is 5.11 Å². The van der Waals surface area contributed by atoms with Gasteiger partial charge in [-0.15, -0.1) is 0 Å². The van der Waals surface area contributed by atoms with Crippen LogP contribution in [-0.4, -0.2) is 59.3 Å². The molecule has 0 aliphatic carbocycles. The first-order chi connectivity index (χ1) is 13.4. The summed E-state index contributed by atoms with van der Waals surface area (Å²) >= 11 is 0. The van der Waals surface area contributed by atoms with E-state index in [4.69, 9.17) is 15.3 Å². The smallest absolute Gasteiger partial charge is 0.319 e. The molecule has 1 fully saturated rings. The minimum atomic E-state index is -1.00. The van der Waals surface area contributed by atoms with Gasteiger partial charge in [0.2, 0.25) is 0 Å². The molecule has 1 aromatic heterocycles. The third kappa shape index (κ3) is 5.17. The Kier molecular flexibility index (Phi) is 6.11. The second-order valence-corrected chi connectivity index (χ2v) is 7.44. The van der Waals surface area contributed by atoms with Gasteiger partial charge in [-0.25, -0.2) is 0 Å². The molecule has 3 N–H and O–H groups in total. The minimum absolute atomic E-state index is 0.0680. The van der Waals surface area contributed by atoms with Crippen LogP contribution in [0.3, 0.4) is 0 Å². The van der Waals surface area contributed by atoms with E-state index in [0.29, 0.717) is 30.4 Å². The van der Waals surface area contributed by atoms with Crippen LogP contribution in [0.4, 0.5) is 5.82 Å². The summed E-state index contributed by atoms with van der Waals surface area (Å²) in [5.41, 5.74) is 2.08. The number of aromatic nitrogens is 2. The van der Waals surface area contributed by atoms with E-state index in [1.165, 1.54) is 0 Å². The van der Waals surface area contributed by atoms with Crippen LogP contribution >= 0.6 is 0 Å². The SMILES string of the molecule is Cc1cccc(C(=NN)c2cc(N3CCOCC3)nc(OCC(C)(C)O)n2)c1. The van der Waals surface area contributed by atoms with Crippen molar-refractivity contribution in [1.29, 1.82) is 0 Å². The number of benzene rings is 1. The van der Waals surface area contributed by atoms with Crippen molar-refractivity contribution in [3.8, 4) is 6.01 Å². The standard InChI is InChI=1S/C20H27N5O3/c1-14-5-4-6-15(11-14)18(24-21)16-12-17(25-7-9-27-10-8-25)23-19(22-16)28-13-20(2,3)26/h4-6,11-12,26H,7-10,13,21H2,1-3H3. The highest BCUT2D eigenvalue weighted by atomic mass is 16.5. The largest absolute Gasteiger partial charge is 0.460 e. The highest BCUT2D eigenvalue weighted by Crippen LogP contribution is 2.21. The molecule has 0 spiro atoms. The number of hydrogen-bond donors (Lipinski definition) is 2. The first kappa shape index (κ1) is 20.0. The molecule has 1 aromatic carbocycles. The molecule has 2 aromatic rings. The lowest BCUT2D eigenvalue weighted by Gasteiger charge is -2.28. The van der Waals surface area contributed by atoms with Crippen LogP contribution < -0.4 is 15.5 Å². The molecular formula is C20H27N5O3. The zero-order valence-electron chi connectivity index (χ0n) is 16.6.